The molecule has 0 aromatic carbocycles. The Morgan fingerprint density at radius 2 is 1.90 bits per heavy atom. The van der Waals surface area contributed by atoms with Crippen molar-refractivity contribution in [2.75, 3.05) is 26.2 Å². The Hall–Kier alpha value is -0.160. The summed E-state index contributed by atoms with van der Waals surface area (Å²) in [6.07, 6.45) is 0.229. The van der Waals surface area contributed by atoms with Crippen LogP contribution in [0.5, 0.6) is 0 Å². The summed E-state index contributed by atoms with van der Waals surface area (Å²) < 4.78 is 0. The van der Waals surface area contributed by atoms with E-state index >= 15 is 0 Å². The topological polar surface area (TPSA) is 76.3 Å². The van der Waals surface area contributed by atoms with E-state index in [0.717, 1.165) is 26.2 Å². The highest BCUT2D eigenvalue weighted by Gasteiger charge is 2.11. The van der Waals surface area contributed by atoms with E-state index in [9.17, 15) is 0 Å². The number of nitrogens with one attached hydrogen (secondary N) is 1. The minimum Gasteiger partial charge on any atom is -0.344 e. The van der Waals surface area contributed by atoms with Crippen LogP contribution in [-0.4, -0.2) is 37.2 Å². The second-order valence-corrected chi connectivity index (χ2v) is 2.53. The van der Waals surface area contributed by atoms with Gasteiger partial charge in [0.05, 0.1) is 6.17 Å². The first-order valence-electron chi connectivity index (χ1n) is 3.51. The molecule has 1 aliphatic rings. The van der Waals surface area contributed by atoms with Gasteiger partial charge in [0.2, 0.25) is 0 Å². The molecule has 0 radical (unpaired) electrons. The second kappa shape index (κ2) is 4.62. The van der Waals surface area contributed by atoms with Crippen molar-refractivity contribution in [1.29, 1.82) is 0 Å². The van der Waals surface area contributed by atoms with Crippen molar-refractivity contribution in [2.24, 2.45) is 5.73 Å². The fourth-order valence-corrected chi connectivity index (χ4v) is 1.09. The van der Waals surface area contributed by atoms with Gasteiger partial charge in [0.1, 0.15) is 0 Å². The van der Waals surface area contributed by atoms with Gasteiger partial charge in [0.15, 0.2) is 0 Å². The van der Waals surface area contributed by atoms with E-state index < -0.39 is 0 Å². The first-order valence-corrected chi connectivity index (χ1v) is 3.51. The third kappa shape index (κ3) is 2.62. The van der Waals surface area contributed by atoms with Crippen molar-refractivity contribution in [2.45, 2.75) is 13.1 Å². The Morgan fingerprint density at radius 3 is 2.20 bits per heavy atom. The molecule has 1 rings (SSSR count). The van der Waals surface area contributed by atoms with E-state index in [-0.39, 0.29) is 12.3 Å². The van der Waals surface area contributed by atoms with Gasteiger partial charge in [-0.05, 0) is 6.92 Å². The third-order valence-corrected chi connectivity index (χ3v) is 1.73. The van der Waals surface area contributed by atoms with E-state index in [1.807, 2.05) is 6.92 Å². The lowest BCUT2D eigenvalue weighted by atomic mass is 10.3. The van der Waals surface area contributed by atoms with Crippen molar-refractivity contribution in [1.82, 2.24) is 16.4 Å². The number of piperazine rings is 1. The SMILES string of the molecule is CC(N)N1CCNCC1.N. The summed E-state index contributed by atoms with van der Waals surface area (Å²) >= 11 is 0. The zero-order chi connectivity index (χ0) is 6.69. The normalized spacial score (nSPS) is 23.4. The maximum absolute atomic E-state index is 5.67. The van der Waals surface area contributed by atoms with Gasteiger partial charge in [-0.1, -0.05) is 0 Å². The molecule has 1 heterocycles. The monoisotopic (exact) mass is 146 g/mol. The largest absolute Gasteiger partial charge is 0.344 e. The maximum atomic E-state index is 5.67. The Bertz CT molecular complexity index is 77.8. The van der Waals surface area contributed by atoms with E-state index in [1.54, 1.807) is 0 Å². The van der Waals surface area contributed by atoms with Crippen LogP contribution in [-0.2, 0) is 0 Å². The highest BCUT2D eigenvalue weighted by atomic mass is 15.2. The molecule has 4 nitrogen and oxygen atoms in total. The van der Waals surface area contributed by atoms with Crippen LogP contribution in [0.4, 0.5) is 0 Å². The van der Waals surface area contributed by atoms with Crippen LogP contribution in [0.15, 0.2) is 0 Å². The molecular weight excluding hydrogens is 128 g/mol. The molecular formula is C6H18N4. The lowest BCUT2D eigenvalue weighted by Gasteiger charge is -2.30. The summed E-state index contributed by atoms with van der Waals surface area (Å²) in [6, 6.07) is 0. The molecule has 1 fully saturated rings. The van der Waals surface area contributed by atoms with E-state index in [0.29, 0.717) is 0 Å². The van der Waals surface area contributed by atoms with Crippen LogP contribution in [0.3, 0.4) is 0 Å². The molecule has 0 amide bonds. The number of hydrogen-bond donors (Lipinski definition) is 3. The second-order valence-electron chi connectivity index (χ2n) is 2.53. The van der Waals surface area contributed by atoms with E-state index in [2.05, 4.69) is 10.2 Å². The smallest absolute Gasteiger partial charge is 0.0543 e. The van der Waals surface area contributed by atoms with Crippen LogP contribution in [0.2, 0.25) is 0 Å². The van der Waals surface area contributed by atoms with Crippen LogP contribution in [0.1, 0.15) is 6.92 Å². The summed E-state index contributed by atoms with van der Waals surface area (Å²) in [5.41, 5.74) is 5.67. The summed E-state index contributed by atoms with van der Waals surface area (Å²) in [7, 11) is 0. The molecule has 6 N–H and O–H groups in total. The van der Waals surface area contributed by atoms with Crippen molar-refractivity contribution >= 4 is 0 Å². The molecule has 0 aromatic rings. The zero-order valence-corrected chi connectivity index (χ0v) is 6.64. The number of rotatable bonds is 1. The van der Waals surface area contributed by atoms with Gasteiger partial charge in [-0.15, -0.1) is 0 Å². The van der Waals surface area contributed by atoms with Gasteiger partial charge in [0, 0.05) is 26.2 Å². The van der Waals surface area contributed by atoms with Crippen molar-refractivity contribution < 1.29 is 0 Å². The quantitative estimate of drug-likeness (QED) is 0.460. The molecule has 0 bridgehead atoms. The fraction of sp³-hybridized carbons (Fsp3) is 1.00. The Labute approximate surface area is 62.3 Å². The summed E-state index contributed by atoms with van der Waals surface area (Å²) in [5, 5.41) is 3.27. The van der Waals surface area contributed by atoms with Crippen LogP contribution >= 0.6 is 0 Å². The molecule has 1 aliphatic heterocycles. The molecule has 10 heavy (non-hydrogen) atoms. The summed E-state index contributed by atoms with van der Waals surface area (Å²) in [5.74, 6) is 0. The van der Waals surface area contributed by atoms with Crippen molar-refractivity contribution in [3.8, 4) is 0 Å². The molecule has 0 aromatic heterocycles. The van der Waals surface area contributed by atoms with Gasteiger partial charge >= 0.3 is 0 Å². The minimum absolute atomic E-state index is 0. The standard InChI is InChI=1S/C6H15N3.H3N/c1-6(7)9-4-2-8-3-5-9;/h6,8H,2-5,7H2,1H3;1H3. The lowest BCUT2D eigenvalue weighted by Crippen LogP contribution is -2.50. The van der Waals surface area contributed by atoms with Gasteiger partial charge < -0.3 is 17.2 Å². The Kier molecular flexibility index (Phi) is 4.55. The highest BCUT2D eigenvalue weighted by Crippen LogP contribution is 1.93. The maximum Gasteiger partial charge on any atom is 0.0543 e. The van der Waals surface area contributed by atoms with Crippen LogP contribution in [0, 0.1) is 0 Å². The molecule has 4 heteroatoms. The fourth-order valence-electron chi connectivity index (χ4n) is 1.09. The summed E-state index contributed by atoms with van der Waals surface area (Å²) in [4.78, 5) is 2.27. The van der Waals surface area contributed by atoms with Crippen molar-refractivity contribution in [3.05, 3.63) is 0 Å². The number of hydrogen-bond acceptors (Lipinski definition) is 4. The third-order valence-electron chi connectivity index (χ3n) is 1.73. The van der Waals surface area contributed by atoms with Crippen LogP contribution < -0.4 is 17.2 Å². The summed E-state index contributed by atoms with van der Waals surface area (Å²) in [6.45, 7) is 6.39. The molecule has 0 saturated carbocycles. The average molecular weight is 146 g/mol. The predicted octanol–water partition coefficient (Wildman–Crippen LogP) is -0.642. The molecule has 62 valence electrons. The minimum atomic E-state index is 0. The molecule has 0 spiro atoms. The van der Waals surface area contributed by atoms with Gasteiger partial charge in [-0.2, -0.15) is 0 Å². The molecule has 1 unspecified atom stereocenters. The number of nitrogens with zero attached hydrogens (tertiary/aromatic N) is 1. The molecule has 1 saturated heterocycles. The molecule has 1 atom stereocenters. The zero-order valence-electron chi connectivity index (χ0n) is 6.64. The Balaban J connectivity index is 0.000000810. The van der Waals surface area contributed by atoms with E-state index in [4.69, 9.17) is 5.73 Å². The van der Waals surface area contributed by atoms with Gasteiger partial charge in [-0.25, -0.2) is 0 Å². The highest BCUT2D eigenvalue weighted by molar-refractivity contribution is 4.69. The lowest BCUT2D eigenvalue weighted by molar-refractivity contribution is 0.188. The Morgan fingerprint density at radius 1 is 1.40 bits per heavy atom. The predicted molar refractivity (Wildman–Crippen MR) is 43.1 cm³/mol. The van der Waals surface area contributed by atoms with Gasteiger partial charge in [-0.3, -0.25) is 4.90 Å². The molecule has 0 aliphatic carbocycles. The first kappa shape index (κ1) is 9.84. The number of nitrogens with two attached hydrogens (primary N) is 1. The van der Waals surface area contributed by atoms with Crippen molar-refractivity contribution in [3.63, 3.8) is 0 Å². The first-order chi connectivity index (χ1) is 4.30. The average Bonchev–Trinajstić information content (AvgIpc) is 1.90. The van der Waals surface area contributed by atoms with E-state index in [1.165, 1.54) is 0 Å². The van der Waals surface area contributed by atoms with Gasteiger partial charge in [0.25, 0.3) is 0 Å². The van der Waals surface area contributed by atoms with Crippen LogP contribution in [0.25, 0.3) is 0 Å².